The second-order valence-corrected chi connectivity index (χ2v) is 5.75. The third kappa shape index (κ3) is 3.41. The van der Waals surface area contributed by atoms with Crippen LogP contribution in [0.15, 0.2) is 12.1 Å². The zero-order chi connectivity index (χ0) is 14.0. The van der Waals surface area contributed by atoms with Gasteiger partial charge in [0.05, 0.1) is 10.0 Å². The van der Waals surface area contributed by atoms with E-state index in [4.69, 9.17) is 23.2 Å². The normalized spacial score (nSPS) is 15.5. The van der Waals surface area contributed by atoms with Gasteiger partial charge in [-0.25, -0.2) is 4.79 Å². The molecule has 2 N–H and O–H groups in total. The van der Waals surface area contributed by atoms with Crippen molar-refractivity contribution in [1.82, 2.24) is 4.31 Å². The maximum Gasteiger partial charge on any atom is 0.331 e. The van der Waals surface area contributed by atoms with Crippen LogP contribution in [0.2, 0.25) is 10.0 Å². The number of aromatic hydroxyl groups is 1. The van der Waals surface area contributed by atoms with Crippen LogP contribution in [0.1, 0.15) is 25.7 Å². The molecule has 4 nitrogen and oxygen atoms in total. The van der Waals surface area contributed by atoms with Gasteiger partial charge in [0.15, 0.2) is 5.75 Å². The molecule has 0 spiro atoms. The van der Waals surface area contributed by atoms with Crippen LogP contribution < -0.4 is 5.32 Å². The number of benzene rings is 1. The lowest BCUT2D eigenvalue weighted by atomic mass is 10.2. The number of thiol groups is 1. The molecule has 0 bridgehead atoms. The molecule has 19 heavy (non-hydrogen) atoms. The minimum atomic E-state index is -0.326. The fourth-order valence-corrected chi connectivity index (χ4v) is 2.90. The Morgan fingerprint density at radius 1 is 1.32 bits per heavy atom. The Balaban J connectivity index is 2.06. The first kappa shape index (κ1) is 14.6. The number of urea groups is 1. The van der Waals surface area contributed by atoms with E-state index in [1.807, 2.05) is 0 Å². The molecule has 0 heterocycles. The summed E-state index contributed by atoms with van der Waals surface area (Å²) >= 11 is 15.8. The van der Waals surface area contributed by atoms with Crippen LogP contribution in [0.4, 0.5) is 10.5 Å². The number of hydrogen-bond donors (Lipinski definition) is 3. The lowest BCUT2D eigenvalue weighted by Crippen LogP contribution is -2.34. The van der Waals surface area contributed by atoms with Crippen molar-refractivity contribution in [2.24, 2.45) is 0 Å². The van der Waals surface area contributed by atoms with Gasteiger partial charge in [-0.3, -0.25) is 4.31 Å². The van der Waals surface area contributed by atoms with Gasteiger partial charge < -0.3 is 10.4 Å². The van der Waals surface area contributed by atoms with Gasteiger partial charge in [0, 0.05) is 11.7 Å². The molecule has 0 aromatic heterocycles. The van der Waals surface area contributed by atoms with Gasteiger partial charge in [0.1, 0.15) is 0 Å². The van der Waals surface area contributed by atoms with E-state index in [-0.39, 0.29) is 27.9 Å². The number of rotatable bonds is 2. The van der Waals surface area contributed by atoms with E-state index < -0.39 is 0 Å². The fourth-order valence-electron chi connectivity index (χ4n) is 2.13. The zero-order valence-corrected chi connectivity index (χ0v) is 12.5. The van der Waals surface area contributed by atoms with Crippen LogP contribution in [0, 0.1) is 0 Å². The zero-order valence-electron chi connectivity index (χ0n) is 10.1. The predicted octanol–water partition coefficient (Wildman–Crippen LogP) is 4.32. The molecule has 2 rings (SSSR count). The first-order chi connectivity index (χ1) is 8.99. The smallest absolute Gasteiger partial charge is 0.331 e. The van der Waals surface area contributed by atoms with E-state index in [9.17, 15) is 9.90 Å². The molecule has 104 valence electrons. The van der Waals surface area contributed by atoms with Gasteiger partial charge in [-0.2, -0.15) is 0 Å². The molecule has 0 aliphatic heterocycles. The van der Waals surface area contributed by atoms with Crippen molar-refractivity contribution in [3.63, 3.8) is 0 Å². The van der Waals surface area contributed by atoms with Gasteiger partial charge in [-0.05, 0) is 25.0 Å². The van der Waals surface area contributed by atoms with Crippen molar-refractivity contribution in [3.8, 4) is 5.75 Å². The molecule has 0 atom stereocenters. The molecule has 1 aromatic rings. The summed E-state index contributed by atoms with van der Waals surface area (Å²) < 4.78 is 1.40. The first-order valence-electron chi connectivity index (χ1n) is 5.96. The molecule has 0 radical (unpaired) electrons. The van der Waals surface area contributed by atoms with E-state index in [1.54, 1.807) is 0 Å². The Labute approximate surface area is 127 Å². The topological polar surface area (TPSA) is 52.6 Å². The second kappa shape index (κ2) is 6.11. The summed E-state index contributed by atoms with van der Waals surface area (Å²) in [6.45, 7) is 0. The van der Waals surface area contributed by atoms with Gasteiger partial charge in [0.2, 0.25) is 0 Å². The number of nitrogens with one attached hydrogen (secondary N) is 1. The Morgan fingerprint density at radius 3 is 2.37 bits per heavy atom. The number of phenols is 1. The molecule has 7 heteroatoms. The average molecular weight is 321 g/mol. The van der Waals surface area contributed by atoms with Crippen molar-refractivity contribution in [3.05, 3.63) is 22.2 Å². The maximum absolute atomic E-state index is 12.0. The summed E-state index contributed by atoms with van der Waals surface area (Å²) in [6.07, 6.45) is 4.17. The lowest BCUT2D eigenvalue weighted by molar-refractivity contribution is 0.230. The van der Waals surface area contributed by atoms with Crippen molar-refractivity contribution < 1.29 is 9.90 Å². The van der Waals surface area contributed by atoms with Crippen molar-refractivity contribution >= 4 is 47.7 Å². The SMILES string of the molecule is O=C(Nc1cc(Cl)c(O)c(Cl)c1)N(S)C1CCCC1. The van der Waals surface area contributed by atoms with Crippen molar-refractivity contribution in [2.45, 2.75) is 31.7 Å². The monoisotopic (exact) mass is 320 g/mol. The number of amides is 2. The maximum atomic E-state index is 12.0. The Kier molecular flexibility index (Phi) is 4.71. The third-order valence-corrected chi connectivity index (χ3v) is 4.23. The molecule has 2 amide bonds. The summed E-state index contributed by atoms with van der Waals surface area (Å²) in [5, 5.41) is 12.3. The highest BCUT2D eigenvalue weighted by Gasteiger charge is 2.24. The number of carbonyl (C=O) groups is 1. The molecule has 1 aliphatic rings. The molecular formula is C12H14Cl2N2O2S. The van der Waals surface area contributed by atoms with Crippen molar-refractivity contribution in [2.75, 3.05) is 5.32 Å². The van der Waals surface area contributed by atoms with Gasteiger partial charge >= 0.3 is 6.03 Å². The number of halogens is 2. The summed E-state index contributed by atoms with van der Waals surface area (Å²) in [4.78, 5) is 12.0. The highest BCUT2D eigenvalue weighted by molar-refractivity contribution is 7.78. The van der Waals surface area contributed by atoms with Gasteiger partial charge in [0.25, 0.3) is 0 Å². The summed E-state index contributed by atoms with van der Waals surface area (Å²) in [5.41, 5.74) is 0.426. The van der Waals surface area contributed by atoms with Crippen LogP contribution in [0.25, 0.3) is 0 Å². The van der Waals surface area contributed by atoms with E-state index in [0.29, 0.717) is 5.69 Å². The Bertz CT molecular complexity index is 470. The molecular weight excluding hydrogens is 307 g/mol. The molecule has 1 aromatic carbocycles. The van der Waals surface area contributed by atoms with Gasteiger partial charge in [-0.15, -0.1) is 0 Å². The molecule has 0 unspecified atom stereocenters. The van der Waals surface area contributed by atoms with Gasteiger partial charge in [-0.1, -0.05) is 48.9 Å². The number of carbonyl (C=O) groups excluding carboxylic acids is 1. The minimum absolute atomic E-state index is 0.0920. The standard InChI is InChI=1S/C12H14Cl2N2O2S/c13-9-5-7(6-10(14)11(9)17)15-12(18)16(19)8-3-1-2-4-8/h5-6,8,17,19H,1-4H2,(H,15,18). The number of phenolic OH excluding ortho intramolecular Hbond substituents is 1. The number of anilines is 1. The molecule has 0 saturated heterocycles. The Hall–Kier alpha value is -0.780. The van der Waals surface area contributed by atoms with E-state index >= 15 is 0 Å². The predicted molar refractivity (Wildman–Crippen MR) is 80.2 cm³/mol. The molecule has 1 fully saturated rings. The quantitative estimate of drug-likeness (QED) is 0.561. The summed E-state index contributed by atoms with van der Waals surface area (Å²) in [6, 6.07) is 2.72. The van der Waals surface area contributed by atoms with Crippen LogP contribution in [-0.4, -0.2) is 21.5 Å². The van der Waals surface area contributed by atoms with Crippen LogP contribution in [0.3, 0.4) is 0 Å². The lowest BCUT2D eigenvalue weighted by Gasteiger charge is -2.23. The fraction of sp³-hybridized carbons (Fsp3) is 0.417. The van der Waals surface area contributed by atoms with Crippen molar-refractivity contribution in [1.29, 1.82) is 0 Å². The first-order valence-corrected chi connectivity index (χ1v) is 7.11. The van der Waals surface area contributed by atoms with E-state index in [0.717, 1.165) is 25.7 Å². The van der Waals surface area contributed by atoms with Crippen LogP contribution in [0.5, 0.6) is 5.75 Å². The largest absolute Gasteiger partial charge is 0.505 e. The number of hydrogen-bond acceptors (Lipinski definition) is 3. The third-order valence-electron chi connectivity index (χ3n) is 3.15. The summed E-state index contributed by atoms with van der Waals surface area (Å²) in [5.74, 6) is -0.195. The van der Waals surface area contributed by atoms with E-state index in [2.05, 4.69) is 18.1 Å². The molecule has 1 aliphatic carbocycles. The minimum Gasteiger partial charge on any atom is -0.505 e. The second-order valence-electron chi connectivity index (χ2n) is 4.50. The highest BCUT2D eigenvalue weighted by atomic mass is 35.5. The van der Waals surface area contributed by atoms with Crippen LogP contribution >= 0.6 is 36.0 Å². The average Bonchev–Trinajstić information content (AvgIpc) is 2.88. The number of nitrogens with zero attached hydrogens (tertiary/aromatic N) is 1. The summed E-state index contributed by atoms with van der Waals surface area (Å²) in [7, 11) is 0. The molecule has 1 saturated carbocycles. The highest BCUT2D eigenvalue weighted by Crippen LogP contribution is 2.35. The van der Waals surface area contributed by atoms with Crippen LogP contribution in [-0.2, 0) is 0 Å². The Morgan fingerprint density at radius 2 is 1.84 bits per heavy atom. The van der Waals surface area contributed by atoms with E-state index in [1.165, 1.54) is 16.4 Å².